The lowest BCUT2D eigenvalue weighted by Gasteiger charge is -2.37. The van der Waals surface area contributed by atoms with Crippen LogP contribution in [0.1, 0.15) is 31.1 Å². The first kappa shape index (κ1) is 17.1. The number of nitrogens with zero attached hydrogens (tertiary/aromatic N) is 1. The first-order valence-electron chi connectivity index (χ1n) is 8.69. The Kier molecular flexibility index (Phi) is 5.62. The molecule has 0 spiro atoms. The van der Waals surface area contributed by atoms with Gasteiger partial charge in [-0.2, -0.15) is 0 Å². The van der Waals surface area contributed by atoms with E-state index in [9.17, 15) is 4.79 Å². The van der Waals surface area contributed by atoms with Gasteiger partial charge in [0.1, 0.15) is 5.25 Å². The van der Waals surface area contributed by atoms with Crippen molar-refractivity contribution >= 4 is 17.7 Å². The summed E-state index contributed by atoms with van der Waals surface area (Å²) in [6.45, 7) is 6.25. The summed E-state index contributed by atoms with van der Waals surface area (Å²) in [5.41, 5.74) is 1.09. The molecule has 1 aliphatic rings. The van der Waals surface area contributed by atoms with E-state index < -0.39 is 0 Å². The highest BCUT2D eigenvalue weighted by atomic mass is 32.2. The Morgan fingerprint density at radius 3 is 2.08 bits per heavy atom. The van der Waals surface area contributed by atoms with Gasteiger partial charge in [0.15, 0.2) is 0 Å². The van der Waals surface area contributed by atoms with Crippen LogP contribution in [0.15, 0.2) is 65.6 Å². The van der Waals surface area contributed by atoms with Gasteiger partial charge in [-0.3, -0.25) is 4.79 Å². The lowest BCUT2D eigenvalue weighted by Crippen LogP contribution is -2.44. The SMILES string of the molecule is C[C@H]1C[C@H](C)CN(C(=O)[C@@H](Sc2ccccc2)c2ccccc2)C1. The molecule has 1 heterocycles. The largest absolute Gasteiger partial charge is 0.341 e. The summed E-state index contributed by atoms with van der Waals surface area (Å²) in [6.07, 6.45) is 1.21. The van der Waals surface area contributed by atoms with Gasteiger partial charge in [-0.1, -0.05) is 62.4 Å². The molecule has 1 saturated heterocycles. The number of rotatable bonds is 4. The Hall–Kier alpha value is -1.74. The van der Waals surface area contributed by atoms with E-state index in [-0.39, 0.29) is 11.2 Å². The van der Waals surface area contributed by atoms with Gasteiger partial charge < -0.3 is 4.90 Å². The Labute approximate surface area is 149 Å². The van der Waals surface area contributed by atoms with Gasteiger partial charge in [-0.05, 0) is 36.0 Å². The summed E-state index contributed by atoms with van der Waals surface area (Å²) in [4.78, 5) is 16.5. The third-order valence-electron chi connectivity index (χ3n) is 4.50. The molecule has 2 aromatic carbocycles. The second-order valence-corrected chi connectivity index (χ2v) is 8.09. The van der Waals surface area contributed by atoms with Crippen molar-refractivity contribution in [3.8, 4) is 0 Å². The molecule has 3 heteroatoms. The number of thioether (sulfide) groups is 1. The Bertz CT molecular complexity index is 648. The summed E-state index contributed by atoms with van der Waals surface area (Å²) in [6, 6.07) is 20.4. The van der Waals surface area contributed by atoms with E-state index in [0.29, 0.717) is 11.8 Å². The van der Waals surface area contributed by atoms with Gasteiger partial charge >= 0.3 is 0 Å². The molecule has 0 radical (unpaired) electrons. The van der Waals surface area contributed by atoms with Crippen molar-refractivity contribution in [2.24, 2.45) is 11.8 Å². The van der Waals surface area contributed by atoms with Crippen LogP contribution in [0.3, 0.4) is 0 Å². The Balaban J connectivity index is 1.85. The van der Waals surface area contributed by atoms with Gasteiger partial charge in [-0.25, -0.2) is 0 Å². The number of amides is 1. The number of hydrogen-bond donors (Lipinski definition) is 0. The molecule has 1 amide bonds. The van der Waals surface area contributed by atoms with Crippen molar-refractivity contribution in [1.29, 1.82) is 0 Å². The maximum atomic E-state index is 13.3. The van der Waals surface area contributed by atoms with Crippen LogP contribution in [-0.2, 0) is 4.79 Å². The Morgan fingerprint density at radius 1 is 0.958 bits per heavy atom. The second kappa shape index (κ2) is 7.89. The summed E-state index contributed by atoms with van der Waals surface area (Å²) in [5, 5.41) is -0.175. The summed E-state index contributed by atoms with van der Waals surface area (Å²) < 4.78 is 0. The number of carbonyl (C=O) groups excluding carboxylic acids is 1. The first-order chi connectivity index (χ1) is 11.6. The maximum Gasteiger partial charge on any atom is 0.240 e. The van der Waals surface area contributed by atoms with E-state index in [0.717, 1.165) is 23.5 Å². The van der Waals surface area contributed by atoms with Crippen LogP contribution >= 0.6 is 11.8 Å². The van der Waals surface area contributed by atoms with E-state index in [1.165, 1.54) is 6.42 Å². The number of piperidine rings is 1. The quantitative estimate of drug-likeness (QED) is 0.729. The van der Waals surface area contributed by atoms with E-state index >= 15 is 0 Å². The third-order valence-corrected chi connectivity index (χ3v) is 5.76. The predicted molar refractivity (Wildman–Crippen MR) is 101 cm³/mol. The van der Waals surface area contributed by atoms with E-state index in [2.05, 4.69) is 43.0 Å². The molecule has 3 rings (SSSR count). The van der Waals surface area contributed by atoms with Crippen LogP contribution in [-0.4, -0.2) is 23.9 Å². The van der Waals surface area contributed by atoms with Crippen LogP contribution in [0.2, 0.25) is 0 Å². The van der Waals surface area contributed by atoms with Gasteiger partial charge in [-0.15, -0.1) is 11.8 Å². The molecule has 1 fully saturated rings. The van der Waals surface area contributed by atoms with Crippen molar-refractivity contribution < 1.29 is 4.79 Å². The molecular weight excluding hydrogens is 314 g/mol. The highest BCUT2D eigenvalue weighted by molar-refractivity contribution is 8.00. The van der Waals surface area contributed by atoms with Crippen LogP contribution in [0.25, 0.3) is 0 Å². The molecular formula is C21H25NOS. The highest BCUT2D eigenvalue weighted by Gasteiger charge is 2.31. The fraction of sp³-hybridized carbons (Fsp3) is 0.381. The van der Waals surface area contributed by atoms with Crippen molar-refractivity contribution in [2.75, 3.05) is 13.1 Å². The standard InChI is InChI=1S/C21H25NOS/c1-16-13-17(2)15-22(14-16)21(23)20(18-9-5-3-6-10-18)24-19-11-7-4-8-12-19/h3-12,16-17,20H,13-15H2,1-2H3/t16-,17-,20-/m0/s1. The average molecular weight is 340 g/mol. The van der Waals surface area contributed by atoms with E-state index in [4.69, 9.17) is 0 Å². The lowest BCUT2D eigenvalue weighted by molar-refractivity contribution is -0.133. The minimum absolute atomic E-state index is 0.175. The highest BCUT2D eigenvalue weighted by Crippen LogP contribution is 2.37. The molecule has 0 bridgehead atoms. The number of carbonyl (C=O) groups is 1. The van der Waals surface area contributed by atoms with E-state index in [1.807, 2.05) is 36.4 Å². The topological polar surface area (TPSA) is 20.3 Å². The predicted octanol–water partition coefficient (Wildman–Crippen LogP) is 5.02. The third kappa shape index (κ3) is 4.21. The fourth-order valence-electron chi connectivity index (χ4n) is 3.53. The van der Waals surface area contributed by atoms with Crippen LogP contribution in [0.5, 0.6) is 0 Å². The zero-order chi connectivity index (χ0) is 16.9. The van der Waals surface area contributed by atoms with Crippen LogP contribution < -0.4 is 0 Å². The zero-order valence-electron chi connectivity index (χ0n) is 14.4. The number of benzene rings is 2. The molecule has 0 N–H and O–H groups in total. The first-order valence-corrected chi connectivity index (χ1v) is 9.57. The minimum atomic E-state index is -0.175. The smallest absolute Gasteiger partial charge is 0.240 e. The summed E-state index contributed by atoms with van der Waals surface area (Å²) >= 11 is 1.65. The fourth-order valence-corrected chi connectivity index (χ4v) is 4.66. The molecule has 0 unspecified atom stereocenters. The maximum absolute atomic E-state index is 13.3. The van der Waals surface area contributed by atoms with E-state index in [1.54, 1.807) is 11.8 Å². The zero-order valence-corrected chi connectivity index (χ0v) is 15.2. The molecule has 0 saturated carbocycles. The van der Waals surface area contributed by atoms with Crippen LogP contribution in [0, 0.1) is 11.8 Å². The minimum Gasteiger partial charge on any atom is -0.341 e. The normalized spacial score (nSPS) is 22.2. The number of likely N-dealkylation sites (tertiary alicyclic amines) is 1. The molecule has 126 valence electrons. The van der Waals surface area contributed by atoms with Crippen molar-refractivity contribution in [3.05, 3.63) is 66.2 Å². The average Bonchev–Trinajstić information content (AvgIpc) is 2.60. The van der Waals surface area contributed by atoms with Gasteiger partial charge in [0.05, 0.1) is 0 Å². The van der Waals surface area contributed by atoms with Gasteiger partial charge in [0, 0.05) is 18.0 Å². The summed E-state index contributed by atoms with van der Waals surface area (Å²) in [7, 11) is 0. The molecule has 1 aliphatic heterocycles. The number of hydrogen-bond acceptors (Lipinski definition) is 2. The summed E-state index contributed by atoms with van der Waals surface area (Å²) in [5.74, 6) is 1.40. The molecule has 3 atom stereocenters. The molecule has 2 nitrogen and oxygen atoms in total. The molecule has 0 aliphatic carbocycles. The molecule has 2 aromatic rings. The Morgan fingerprint density at radius 2 is 1.50 bits per heavy atom. The van der Waals surface area contributed by atoms with Crippen molar-refractivity contribution in [3.63, 3.8) is 0 Å². The second-order valence-electron chi connectivity index (χ2n) is 6.91. The van der Waals surface area contributed by atoms with Crippen LogP contribution in [0.4, 0.5) is 0 Å². The lowest BCUT2D eigenvalue weighted by atomic mass is 9.91. The monoisotopic (exact) mass is 339 g/mol. The molecule has 24 heavy (non-hydrogen) atoms. The van der Waals surface area contributed by atoms with Crippen molar-refractivity contribution in [2.45, 2.75) is 30.4 Å². The van der Waals surface area contributed by atoms with Gasteiger partial charge in [0.2, 0.25) is 5.91 Å². The van der Waals surface area contributed by atoms with Gasteiger partial charge in [0.25, 0.3) is 0 Å². The molecule has 0 aromatic heterocycles. The van der Waals surface area contributed by atoms with Crippen molar-refractivity contribution in [1.82, 2.24) is 4.90 Å².